The van der Waals surface area contributed by atoms with Crippen molar-refractivity contribution in [1.82, 2.24) is 40.6 Å². The van der Waals surface area contributed by atoms with Crippen molar-refractivity contribution in [3.8, 4) is 21.2 Å². The number of benzene rings is 3. The number of thiazole rings is 1. The maximum absolute atomic E-state index is 14.9. The highest BCUT2D eigenvalue weighted by molar-refractivity contribution is 7.15. The van der Waals surface area contributed by atoms with Crippen LogP contribution in [0.2, 0.25) is 5.02 Å². The molecule has 28 nitrogen and oxygen atoms in total. The summed E-state index contributed by atoms with van der Waals surface area (Å²) in [5.41, 5.74) is 7.59. The number of fused-ring (bicyclic) bond motifs is 3. The summed E-state index contributed by atoms with van der Waals surface area (Å²) in [6.45, 7) is 18.8. The van der Waals surface area contributed by atoms with Crippen molar-refractivity contribution >= 4 is 93.6 Å². The Labute approximate surface area is 602 Å². The number of carbonyl (C=O) groups is 9. The molecule has 2 saturated heterocycles. The Morgan fingerprint density at radius 1 is 0.745 bits per heavy atom. The number of thiophene rings is 1. The number of rotatable bonds is 28. The van der Waals surface area contributed by atoms with Crippen LogP contribution in [0.4, 0.5) is 4.79 Å². The van der Waals surface area contributed by atoms with E-state index in [2.05, 4.69) is 45.0 Å². The molecule has 546 valence electrons. The molecule has 0 spiro atoms. The van der Waals surface area contributed by atoms with Gasteiger partial charge < -0.3 is 68.2 Å². The minimum absolute atomic E-state index is 0.00620. The summed E-state index contributed by atoms with van der Waals surface area (Å²) in [5, 5.41) is 19.2. The second-order valence-electron chi connectivity index (χ2n) is 25.8. The molecule has 6 aromatic rings. The maximum Gasteiger partial charge on any atom is 0.508 e. The molecule has 0 bridgehead atoms. The van der Waals surface area contributed by atoms with Gasteiger partial charge in [0.05, 0.1) is 47.4 Å². The summed E-state index contributed by atoms with van der Waals surface area (Å²) < 4.78 is 58.6. The minimum atomic E-state index is -1.51. The van der Waals surface area contributed by atoms with E-state index in [0.29, 0.717) is 28.7 Å². The summed E-state index contributed by atoms with van der Waals surface area (Å²) in [4.78, 5) is 132. The van der Waals surface area contributed by atoms with Gasteiger partial charge in [0.1, 0.15) is 66.7 Å². The normalized spacial score (nSPS) is 19.9. The fourth-order valence-corrected chi connectivity index (χ4v) is 14.0. The third-order valence-corrected chi connectivity index (χ3v) is 19.3. The van der Waals surface area contributed by atoms with E-state index in [4.69, 9.17) is 64.0 Å². The molecule has 9 rings (SSSR count). The average Bonchev–Trinajstić information content (AvgIpc) is 1.64. The first kappa shape index (κ1) is 77.0. The number of likely N-dealkylation sites (tertiary alicyclic amines) is 1. The highest BCUT2D eigenvalue weighted by Gasteiger charge is 2.54. The first-order valence-corrected chi connectivity index (χ1v) is 35.2. The largest absolute Gasteiger partial charge is 0.508 e. The highest BCUT2D eigenvalue weighted by atomic mass is 35.5. The number of aromatic nitrogens is 4. The molecule has 3 aromatic heterocycles. The fraction of sp³-hybridized carbons (Fsp3) is 0.479. The van der Waals surface area contributed by atoms with Gasteiger partial charge in [0.25, 0.3) is 0 Å². The molecule has 102 heavy (non-hydrogen) atoms. The number of ether oxygens (including phenoxy) is 10. The number of esters is 4. The van der Waals surface area contributed by atoms with Crippen LogP contribution in [0.3, 0.4) is 0 Å². The maximum atomic E-state index is 14.9. The molecule has 0 radical (unpaired) electrons. The first-order chi connectivity index (χ1) is 48.5. The van der Waals surface area contributed by atoms with E-state index >= 15 is 0 Å². The average molecular weight is 1470 g/mol. The number of carbonyl (C=O) groups excluding carboxylic acids is 9. The minimum Gasteiger partial charge on any atom is -0.463 e. The van der Waals surface area contributed by atoms with Crippen LogP contribution in [-0.4, -0.2) is 179 Å². The Balaban J connectivity index is 0.782. The number of halogens is 1. The van der Waals surface area contributed by atoms with Gasteiger partial charge in [-0.05, 0) is 93.0 Å². The second kappa shape index (κ2) is 34.6. The molecular formula is C71H84ClN9O19S2. The van der Waals surface area contributed by atoms with Gasteiger partial charge in [-0.2, -0.15) is 0 Å². The van der Waals surface area contributed by atoms with E-state index in [1.807, 2.05) is 73.9 Å². The van der Waals surface area contributed by atoms with Crippen molar-refractivity contribution < 1.29 is 90.5 Å². The van der Waals surface area contributed by atoms with Gasteiger partial charge in [-0.25, -0.2) is 9.78 Å². The first-order valence-electron chi connectivity index (χ1n) is 33.1. The third-order valence-electron chi connectivity index (χ3n) is 16.9. The second-order valence-corrected chi connectivity index (χ2v) is 28.3. The van der Waals surface area contributed by atoms with E-state index < -0.39 is 127 Å². The van der Waals surface area contributed by atoms with Gasteiger partial charge in [-0.15, -0.1) is 32.9 Å². The lowest BCUT2D eigenvalue weighted by atomic mass is 9.85. The predicted octanol–water partition coefficient (Wildman–Crippen LogP) is 8.35. The SMILES string of the molecule is CC(=O)OC[C@H]1O[C@@H](Oc2ccc(COC(=O)O[C@@H]3C[C@@H](C(=O)N[C@@H](C)c4ccc(-c5scnc5C)cc4)N(C(=O)[C@@H](NC(=O)COCCCOCCNC(=O)C[C@@H]4N=C(c5ccc(Cl)cc5)c5c(sc(C)c5C)-n5c(C)nnc54)C(C)(C)C)C3)cc2)[C@H](OC(C)=O)[C@@H](OC(C)=O)[C@H]1OC(C)=O. The Hall–Kier alpha value is -9.20. The molecule has 3 aliphatic rings. The van der Waals surface area contributed by atoms with Crippen molar-refractivity contribution in [2.75, 3.05) is 46.1 Å². The number of nitrogens with one attached hydrogen (secondary N) is 3. The van der Waals surface area contributed by atoms with Gasteiger partial charge in [0.2, 0.25) is 36.0 Å². The highest BCUT2D eigenvalue weighted by Crippen LogP contribution is 2.40. The molecule has 0 saturated carbocycles. The van der Waals surface area contributed by atoms with Crippen molar-refractivity contribution in [2.24, 2.45) is 10.4 Å². The van der Waals surface area contributed by atoms with Crippen LogP contribution in [0.5, 0.6) is 5.75 Å². The standard InChI is InChI=1S/C71H84ClN9O19S2/c1-37-40(4)102-68-58(37)59(48-20-22-50(72)23-21-48)76-53(65-79-78-41(5)81(65)68)31-56(86)73-26-29-91-27-13-28-92-35-57(87)77-64(71(10,11)12)67(89)80-32-52(30-54(80)66(88)75-38(2)47-16-18-49(19-17-47)63-39(3)74-36-101-63)99-70(90)94-33-46-14-24-51(25-15-46)98-69-62(97-45(9)85)61(96-44(8)84)60(95-43(7)83)55(100-69)34-93-42(6)82/h14-25,36,38,52-55,60-62,64,69H,13,26-35H2,1-12H3,(H,73,86)(H,75,88)(H,77,87)/t38-,52+,53-,54-,55+,60-,61-,62+,64+,69+/m0/s1. The van der Waals surface area contributed by atoms with Crippen LogP contribution in [0.25, 0.3) is 15.4 Å². The Bertz CT molecular complexity index is 4040. The van der Waals surface area contributed by atoms with E-state index in [9.17, 15) is 43.2 Å². The Kier molecular flexibility index (Phi) is 26.1. The molecule has 0 aliphatic carbocycles. The van der Waals surface area contributed by atoms with Crippen LogP contribution in [0.15, 0.2) is 83.3 Å². The van der Waals surface area contributed by atoms with Crippen molar-refractivity contribution in [3.05, 3.63) is 133 Å². The van der Waals surface area contributed by atoms with Crippen molar-refractivity contribution in [1.29, 1.82) is 0 Å². The van der Waals surface area contributed by atoms with Gasteiger partial charge in [-0.3, -0.25) is 47.9 Å². The number of nitrogens with zero attached hydrogens (tertiary/aromatic N) is 6. The van der Waals surface area contributed by atoms with Crippen LogP contribution in [-0.2, 0) is 87.6 Å². The number of aryl methyl sites for hydroxylation is 3. The molecule has 3 aromatic carbocycles. The molecular weight excluding hydrogens is 1380 g/mol. The third kappa shape index (κ3) is 19.9. The zero-order valence-electron chi connectivity index (χ0n) is 58.7. The van der Waals surface area contributed by atoms with E-state index in [1.54, 1.807) is 37.6 Å². The molecule has 0 unspecified atom stereocenters. The molecule has 3 aliphatic heterocycles. The van der Waals surface area contributed by atoms with Crippen LogP contribution < -0.4 is 20.7 Å². The van der Waals surface area contributed by atoms with Crippen molar-refractivity contribution in [3.63, 3.8) is 0 Å². The Morgan fingerprint density at radius 3 is 2.07 bits per heavy atom. The summed E-state index contributed by atoms with van der Waals surface area (Å²) in [6, 6.07) is 17.7. The number of hydrogen-bond donors (Lipinski definition) is 3. The summed E-state index contributed by atoms with van der Waals surface area (Å²) in [6.07, 6.45) is -8.98. The van der Waals surface area contributed by atoms with Crippen LogP contribution in [0.1, 0.15) is 137 Å². The number of aliphatic imine (C=N–C) groups is 1. The number of amides is 4. The topological polar surface area (TPSA) is 341 Å². The van der Waals surface area contributed by atoms with E-state index in [0.717, 1.165) is 81.7 Å². The zero-order valence-corrected chi connectivity index (χ0v) is 61.1. The monoisotopic (exact) mass is 1470 g/mol. The molecule has 6 heterocycles. The Morgan fingerprint density at radius 2 is 1.41 bits per heavy atom. The van der Waals surface area contributed by atoms with Gasteiger partial charge >= 0.3 is 30.0 Å². The zero-order chi connectivity index (χ0) is 73.7. The lowest BCUT2D eigenvalue weighted by Crippen LogP contribution is -2.63. The predicted molar refractivity (Wildman–Crippen MR) is 372 cm³/mol. The van der Waals surface area contributed by atoms with Crippen LogP contribution in [0, 0.1) is 33.1 Å². The van der Waals surface area contributed by atoms with Crippen molar-refractivity contribution in [2.45, 2.75) is 170 Å². The molecule has 31 heteroatoms. The molecule has 10 atom stereocenters. The van der Waals surface area contributed by atoms with Gasteiger partial charge in [0, 0.05) is 74.9 Å². The lowest BCUT2D eigenvalue weighted by Gasteiger charge is -2.43. The smallest absolute Gasteiger partial charge is 0.463 e. The van der Waals surface area contributed by atoms with E-state index in [1.165, 1.54) is 40.5 Å². The summed E-state index contributed by atoms with van der Waals surface area (Å²) >= 11 is 9.41. The summed E-state index contributed by atoms with van der Waals surface area (Å²) in [7, 11) is 0. The summed E-state index contributed by atoms with van der Waals surface area (Å²) in [5.74, 6) is -3.73. The van der Waals surface area contributed by atoms with Crippen LogP contribution >= 0.6 is 34.3 Å². The fourth-order valence-electron chi connectivity index (χ4n) is 11.9. The van der Waals surface area contributed by atoms with Gasteiger partial charge in [0.15, 0.2) is 18.0 Å². The molecule has 2 fully saturated rings. The van der Waals surface area contributed by atoms with E-state index in [-0.39, 0.29) is 64.0 Å². The quantitative estimate of drug-likeness (QED) is 0.0236. The molecule has 3 N–H and O–H groups in total. The van der Waals surface area contributed by atoms with Gasteiger partial charge in [-0.1, -0.05) is 80.9 Å². The lowest BCUT2D eigenvalue weighted by molar-refractivity contribution is -0.288. The number of hydrogen-bond acceptors (Lipinski definition) is 25. The molecule has 4 amide bonds.